The molecule has 6 nitrogen and oxygen atoms in total. The maximum absolute atomic E-state index is 12.0. The number of benzene rings is 2. The summed E-state index contributed by atoms with van der Waals surface area (Å²) in [5.74, 6) is -0.224. The Balaban J connectivity index is 2.14. The lowest BCUT2D eigenvalue weighted by molar-refractivity contribution is -0.132. The maximum atomic E-state index is 12.0. The lowest BCUT2D eigenvalue weighted by Crippen LogP contribution is -2.17. The highest BCUT2D eigenvalue weighted by atomic mass is 79.9. The molecule has 2 aromatic rings. The molecule has 0 spiro atoms. The molecular formula is C17H14BrClN2O4. The first kappa shape index (κ1) is 19.0. The van der Waals surface area contributed by atoms with E-state index in [1.54, 1.807) is 36.4 Å². The van der Waals surface area contributed by atoms with Crippen LogP contribution in [0.5, 0.6) is 11.5 Å². The molecule has 0 unspecified atom stereocenters. The predicted molar refractivity (Wildman–Crippen MR) is 98.5 cm³/mol. The molecule has 0 heterocycles. The fourth-order valence-electron chi connectivity index (χ4n) is 1.92. The quantitative estimate of drug-likeness (QED) is 0.342. The number of nitrogens with one attached hydrogen (secondary N) is 1. The van der Waals surface area contributed by atoms with Crippen molar-refractivity contribution >= 4 is 45.6 Å². The molecule has 0 saturated heterocycles. The molecule has 0 fully saturated rings. The summed E-state index contributed by atoms with van der Waals surface area (Å²) in [4.78, 5) is 23.1. The number of esters is 1. The summed E-state index contributed by atoms with van der Waals surface area (Å²) < 4.78 is 10.8. The first-order valence-corrected chi connectivity index (χ1v) is 8.22. The number of hydrazone groups is 1. The second kappa shape index (κ2) is 8.64. The minimum atomic E-state index is -0.464. The van der Waals surface area contributed by atoms with Crippen LogP contribution in [0.4, 0.5) is 0 Å². The second-order valence-corrected chi connectivity index (χ2v) is 6.13. The molecule has 2 rings (SSSR count). The Morgan fingerprint density at radius 1 is 1.28 bits per heavy atom. The molecule has 2 aromatic carbocycles. The summed E-state index contributed by atoms with van der Waals surface area (Å²) in [6.45, 7) is 1.30. The smallest absolute Gasteiger partial charge is 0.308 e. The van der Waals surface area contributed by atoms with Crippen molar-refractivity contribution in [2.24, 2.45) is 5.10 Å². The molecule has 0 aliphatic carbocycles. The summed E-state index contributed by atoms with van der Waals surface area (Å²) in [5.41, 5.74) is 3.44. The molecule has 0 aliphatic heterocycles. The Morgan fingerprint density at radius 2 is 2.04 bits per heavy atom. The zero-order valence-corrected chi connectivity index (χ0v) is 15.7. The normalized spacial score (nSPS) is 10.6. The number of carbonyl (C=O) groups is 2. The molecule has 130 valence electrons. The number of halogens is 2. The van der Waals surface area contributed by atoms with Crippen LogP contribution in [-0.2, 0) is 4.79 Å². The summed E-state index contributed by atoms with van der Waals surface area (Å²) in [5, 5.41) is 4.37. The van der Waals surface area contributed by atoms with Gasteiger partial charge in [0.1, 0.15) is 0 Å². The Labute approximate surface area is 157 Å². The zero-order valence-electron chi connectivity index (χ0n) is 13.4. The van der Waals surface area contributed by atoms with Crippen molar-refractivity contribution in [3.63, 3.8) is 0 Å². The maximum Gasteiger partial charge on any atom is 0.308 e. The van der Waals surface area contributed by atoms with Gasteiger partial charge < -0.3 is 9.47 Å². The van der Waals surface area contributed by atoms with E-state index in [0.29, 0.717) is 26.4 Å². The van der Waals surface area contributed by atoms with Gasteiger partial charge in [-0.3, -0.25) is 9.59 Å². The fraction of sp³-hybridized carbons (Fsp3) is 0.118. The average Bonchev–Trinajstić information content (AvgIpc) is 2.56. The summed E-state index contributed by atoms with van der Waals surface area (Å²) in [7, 11) is 1.45. The van der Waals surface area contributed by atoms with Crippen molar-refractivity contribution < 1.29 is 19.1 Å². The summed E-state index contributed by atoms with van der Waals surface area (Å²) in [6, 6.07) is 9.82. The molecule has 1 N–H and O–H groups in total. The summed E-state index contributed by atoms with van der Waals surface area (Å²) in [6.07, 6.45) is 1.44. The minimum Gasteiger partial charge on any atom is -0.493 e. The average molecular weight is 426 g/mol. The van der Waals surface area contributed by atoms with Crippen LogP contribution in [0.1, 0.15) is 22.8 Å². The van der Waals surface area contributed by atoms with E-state index in [1.807, 2.05) is 0 Å². The van der Waals surface area contributed by atoms with Crippen molar-refractivity contribution in [3.05, 3.63) is 57.0 Å². The highest BCUT2D eigenvalue weighted by Gasteiger charge is 2.13. The first-order chi connectivity index (χ1) is 11.9. The van der Waals surface area contributed by atoms with Gasteiger partial charge in [0.2, 0.25) is 0 Å². The third-order valence-corrected chi connectivity index (χ3v) is 3.79. The van der Waals surface area contributed by atoms with Gasteiger partial charge in [0.05, 0.1) is 17.8 Å². The lowest BCUT2D eigenvalue weighted by atomic mass is 10.2. The van der Waals surface area contributed by atoms with Crippen molar-refractivity contribution in [1.29, 1.82) is 0 Å². The monoisotopic (exact) mass is 424 g/mol. The van der Waals surface area contributed by atoms with E-state index in [0.717, 1.165) is 0 Å². The number of carbonyl (C=O) groups excluding carboxylic acids is 2. The zero-order chi connectivity index (χ0) is 18.4. The van der Waals surface area contributed by atoms with Crippen LogP contribution in [0, 0.1) is 0 Å². The van der Waals surface area contributed by atoms with Crippen LogP contribution in [0.15, 0.2) is 46.0 Å². The lowest BCUT2D eigenvalue weighted by Gasteiger charge is -2.10. The van der Waals surface area contributed by atoms with Gasteiger partial charge in [0, 0.05) is 17.5 Å². The van der Waals surface area contributed by atoms with Crippen LogP contribution < -0.4 is 14.9 Å². The topological polar surface area (TPSA) is 77.0 Å². The highest BCUT2D eigenvalue weighted by Crippen LogP contribution is 2.36. The SMILES string of the molecule is COc1cc(/C=N\NC(=O)c2cccc(Cl)c2)cc(Br)c1OC(C)=O. The molecule has 25 heavy (non-hydrogen) atoms. The van der Waals surface area contributed by atoms with Crippen molar-refractivity contribution in [3.8, 4) is 11.5 Å². The van der Waals surface area contributed by atoms with Crippen LogP contribution in [0.2, 0.25) is 5.02 Å². The minimum absolute atomic E-state index is 0.273. The fourth-order valence-corrected chi connectivity index (χ4v) is 2.65. The molecule has 1 amide bonds. The number of ether oxygens (including phenoxy) is 2. The summed E-state index contributed by atoms with van der Waals surface area (Å²) >= 11 is 9.16. The number of hydrogen-bond acceptors (Lipinski definition) is 5. The van der Waals surface area contributed by atoms with E-state index < -0.39 is 5.97 Å². The van der Waals surface area contributed by atoms with Gasteiger partial charge in [-0.25, -0.2) is 5.43 Å². The van der Waals surface area contributed by atoms with Crippen molar-refractivity contribution in [1.82, 2.24) is 5.43 Å². The largest absolute Gasteiger partial charge is 0.493 e. The molecular weight excluding hydrogens is 412 g/mol. The van der Waals surface area contributed by atoms with Gasteiger partial charge in [-0.2, -0.15) is 5.10 Å². The van der Waals surface area contributed by atoms with Crippen LogP contribution in [0.3, 0.4) is 0 Å². The van der Waals surface area contributed by atoms with Crippen LogP contribution >= 0.6 is 27.5 Å². The molecule has 0 aromatic heterocycles. The molecule has 0 radical (unpaired) electrons. The Kier molecular flexibility index (Phi) is 6.55. The third-order valence-electron chi connectivity index (χ3n) is 2.96. The van der Waals surface area contributed by atoms with E-state index in [2.05, 4.69) is 26.5 Å². The highest BCUT2D eigenvalue weighted by molar-refractivity contribution is 9.10. The number of amides is 1. The number of rotatable bonds is 5. The van der Waals surface area contributed by atoms with Crippen molar-refractivity contribution in [2.45, 2.75) is 6.92 Å². The van der Waals surface area contributed by atoms with Crippen LogP contribution in [0.25, 0.3) is 0 Å². The van der Waals surface area contributed by atoms with E-state index in [4.69, 9.17) is 21.1 Å². The Bertz CT molecular complexity index is 839. The molecule has 8 heteroatoms. The predicted octanol–water partition coefficient (Wildman–Crippen LogP) is 3.80. The standard InChI is InChI=1S/C17H14BrClN2O4/c1-10(22)25-16-14(18)6-11(7-15(16)24-2)9-20-21-17(23)12-4-3-5-13(19)8-12/h3-9H,1-2H3,(H,21,23)/b20-9-. The van der Waals surface area contributed by atoms with E-state index in [-0.39, 0.29) is 11.7 Å². The van der Waals surface area contributed by atoms with Gasteiger partial charge in [-0.1, -0.05) is 17.7 Å². The van der Waals surface area contributed by atoms with E-state index in [1.165, 1.54) is 20.2 Å². The van der Waals surface area contributed by atoms with E-state index >= 15 is 0 Å². The Morgan fingerprint density at radius 3 is 2.68 bits per heavy atom. The van der Waals surface area contributed by atoms with Gasteiger partial charge in [-0.05, 0) is 51.8 Å². The van der Waals surface area contributed by atoms with Gasteiger partial charge >= 0.3 is 5.97 Å². The van der Waals surface area contributed by atoms with Gasteiger partial charge in [0.15, 0.2) is 11.5 Å². The molecule has 0 saturated carbocycles. The molecule has 0 atom stereocenters. The van der Waals surface area contributed by atoms with E-state index in [9.17, 15) is 9.59 Å². The first-order valence-electron chi connectivity index (χ1n) is 7.05. The Hall–Kier alpha value is -2.38. The van der Waals surface area contributed by atoms with Crippen molar-refractivity contribution in [2.75, 3.05) is 7.11 Å². The third kappa shape index (κ3) is 5.30. The number of nitrogens with zero attached hydrogens (tertiary/aromatic N) is 1. The van der Waals surface area contributed by atoms with Gasteiger partial charge in [0.25, 0.3) is 5.91 Å². The van der Waals surface area contributed by atoms with Crippen LogP contribution in [-0.4, -0.2) is 25.2 Å². The number of hydrogen-bond donors (Lipinski definition) is 1. The number of methoxy groups -OCH3 is 1. The van der Waals surface area contributed by atoms with Gasteiger partial charge in [-0.15, -0.1) is 0 Å². The second-order valence-electron chi connectivity index (χ2n) is 4.84. The molecule has 0 aliphatic rings. The molecule has 0 bridgehead atoms.